The molecule has 0 unspecified atom stereocenters. The Morgan fingerprint density at radius 1 is 1.10 bits per heavy atom. The third-order valence-electron chi connectivity index (χ3n) is 5.39. The van der Waals surface area contributed by atoms with Crippen molar-refractivity contribution in [3.8, 4) is 0 Å². The summed E-state index contributed by atoms with van der Waals surface area (Å²) in [6.07, 6.45) is 3.49. The van der Waals surface area contributed by atoms with Gasteiger partial charge in [0, 0.05) is 29.1 Å². The first kappa shape index (κ1) is 18.4. The number of alkyl carbamates (subject to hydrolysis) is 1. The molecule has 3 aromatic rings. The first-order valence-electron chi connectivity index (χ1n) is 9.95. The second kappa shape index (κ2) is 7.33. The Balaban J connectivity index is 1.52. The Hall–Kier alpha value is -3.61. The van der Waals surface area contributed by atoms with Crippen LogP contribution in [0.15, 0.2) is 54.7 Å². The molecule has 1 aromatic heterocycles. The van der Waals surface area contributed by atoms with Gasteiger partial charge < -0.3 is 19.9 Å². The molecule has 2 aliphatic rings. The van der Waals surface area contributed by atoms with Crippen LogP contribution in [-0.2, 0) is 11.2 Å². The number of hydrogen-bond acceptors (Lipinski definition) is 3. The fourth-order valence-electron chi connectivity index (χ4n) is 3.69. The number of aromatic amines is 1. The maximum absolute atomic E-state index is 13.3. The molecule has 0 saturated heterocycles. The Bertz CT molecular complexity index is 1160. The van der Waals surface area contributed by atoms with E-state index in [0.717, 1.165) is 29.3 Å². The van der Waals surface area contributed by atoms with Crippen LogP contribution in [0.3, 0.4) is 0 Å². The van der Waals surface area contributed by atoms with Crippen LogP contribution in [0.2, 0.25) is 0 Å². The fraction of sp³-hybridized carbons (Fsp3) is 0.217. The number of nitrogens with one attached hydrogen (secondary N) is 2. The van der Waals surface area contributed by atoms with E-state index in [4.69, 9.17) is 4.74 Å². The van der Waals surface area contributed by atoms with Crippen molar-refractivity contribution in [2.24, 2.45) is 0 Å². The standard InChI is InChI=1S/C23H20FN3O3/c24-15-7-5-14(6-8-15)22(28)27-12-11-18-17-3-1-2-4-19(17)26-21(18)20(13-27)30-23(29)25-16-9-10-16/h1-8,13,16,26H,9-12H2,(H,25,29). The van der Waals surface area contributed by atoms with Crippen LogP contribution < -0.4 is 5.32 Å². The zero-order valence-corrected chi connectivity index (χ0v) is 16.2. The zero-order chi connectivity index (χ0) is 20.7. The highest BCUT2D eigenvalue weighted by molar-refractivity contribution is 5.97. The van der Waals surface area contributed by atoms with Gasteiger partial charge in [-0.25, -0.2) is 9.18 Å². The van der Waals surface area contributed by atoms with Gasteiger partial charge in [-0.15, -0.1) is 0 Å². The van der Waals surface area contributed by atoms with E-state index in [1.165, 1.54) is 29.2 Å². The number of halogens is 1. The van der Waals surface area contributed by atoms with Crippen molar-refractivity contribution in [2.75, 3.05) is 6.54 Å². The monoisotopic (exact) mass is 405 g/mol. The summed E-state index contributed by atoms with van der Waals surface area (Å²) in [6, 6.07) is 13.4. The normalized spacial score (nSPS) is 15.9. The SMILES string of the molecule is O=C(NC1CC1)OC1=CN(C(=O)c2ccc(F)cc2)CCc2c1[nH]c1ccccc21. The van der Waals surface area contributed by atoms with Crippen molar-refractivity contribution in [1.29, 1.82) is 0 Å². The van der Waals surface area contributed by atoms with Gasteiger partial charge in [0.15, 0.2) is 5.76 Å². The van der Waals surface area contributed by atoms with E-state index in [-0.39, 0.29) is 17.7 Å². The number of H-pyrrole nitrogens is 1. The molecule has 152 valence electrons. The van der Waals surface area contributed by atoms with Gasteiger partial charge >= 0.3 is 6.09 Å². The lowest BCUT2D eigenvalue weighted by atomic mass is 10.1. The molecule has 6 nitrogen and oxygen atoms in total. The molecule has 2 heterocycles. The fourth-order valence-corrected chi connectivity index (χ4v) is 3.69. The highest BCUT2D eigenvalue weighted by atomic mass is 19.1. The van der Waals surface area contributed by atoms with Gasteiger partial charge in [-0.3, -0.25) is 4.79 Å². The highest BCUT2D eigenvalue weighted by Gasteiger charge is 2.28. The lowest BCUT2D eigenvalue weighted by Gasteiger charge is -2.18. The molecule has 0 radical (unpaired) electrons. The molecule has 30 heavy (non-hydrogen) atoms. The summed E-state index contributed by atoms with van der Waals surface area (Å²) >= 11 is 0. The molecular weight excluding hydrogens is 385 g/mol. The van der Waals surface area contributed by atoms with Crippen molar-refractivity contribution in [1.82, 2.24) is 15.2 Å². The summed E-state index contributed by atoms with van der Waals surface area (Å²) in [5.41, 5.74) is 2.99. The number of amides is 2. The van der Waals surface area contributed by atoms with Crippen LogP contribution >= 0.6 is 0 Å². The Morgan fingerprint density at radius 2 is 1.87 bits per heavy atom. The molecule has 0 spiro atoms. The number of fused-ring (bicyclic) bond motifs is 3. The van der Waals surface area contributed by atoms with Gasteiger partial charge in [0.2, 0.25) is 0 Å². The van der Waals surface area contributed by atoms with E-state index in [9.17, 15) is 14.0 Å². The van der Waals surface area contributed by atoms with Crippen molar-refractivity contribution in [3.63, 3.8) is 0 Å². The summed E-state index contributed by atoms with van der Waals surface area (Å²) in [4.78, 5) is 30.2. The van der Waals surface area contributed by atoms with Crippen molar-refractivity contribution in [3.05, 3.63) is 77.4 Å². The van der Waals surface area contributed by atoms with E-state index >= 15 is 0 Å². The largest absolute Gasteiger partial charge is 0.412 e. The van der Waals surface area contributed by atoms with Crippen molar-refractivity contribution in [2.45, 2.75) is 25.3 Å². The summed E-state index contributed by atoms with van der Waals surface area (Å²) < 4.78 is 18.9. The summed E-state index contributed by atoms with van der Waals surface area (Å²) in [5, 5.41) is 3.84. The van der Waals surface area contributed by atoms with Crippen LogP contribution in [0.1, 0.15) is 34.5 Å². The third kappa shape index (κ3) is 3.54. The third-order valence-corrected chi connectivity index (χ3v) is 5.39. The molecule has 5 rings (SSSR count). The van der Waals surface area contributed by atoms with E-state index in [1.54, 1.807) is 6.20 Å². The maximum Gasteiger partial charge on any atom is 0.412 e. The lowest BCUT2D eigenvalue weighted by molar-refractivity contribution is 0.0822. The molecular formula is C23H20FN3O3. The molecule has 0 bridgehead atoms. The minimum absolute atomic E-state index is 0.156. The van der Waals surface area contributed by atoms with E-state index in [0.29, 0.717) is 24.2 Å². The van der Waals surface area contributed by atoms with E-state index < -0.39 is 11.9 Å². The average molecular weight is 405 g/mol. The van der Waals surface area contributed by atoms with Crippen LogP contribution in [0.25, 0.3) is 16.7 Å². The van der Waals surface area contributed by atoms with Gasteiger partial charge in [-0.05, 0) is 55.2 Å². The van der Waals surface area contributed by atoms with Gasteiger partial charge in [0.05, 0.1) is 11.9 Å². The summed E-state index contributed by atoms with van der Waals surface area (Å²) in [6.45, 7) is 0.405. The number of para-hydroxylation sites is 1. The van der Waals surface area contributed by atoms with Crippen LogP contribution in [0, 0.1) is 5.82 Å². The Labute approximate surface area is 172 Å². The lowest BCUT2D eigenvalue weighted by Crippen LogP contribution is -2.29. The number of ether oxygens (including phenoxy) is 1. The molecule has 7 heteroatoms. The van der Waals surface area contributed by atoms with E-state index in [1.807, 2.05) is 24.3 Å². The molecule has 2 amide bonds. The van der Waals surface area contributed by atoms with E-state index in [2.05, 4.69) is 10.3 Å². The molecule has 0 atom stereocenters. The summed E-state index contributed by atoms with van der Waals surface area (Å²) in [7, 11) is 0. The van der Waals surface area contributed by atoms with Gasteiger partial charge in [-0.2, -0.15) is 0 Å². The van der Waals surface area contributed by atoms with Crippen LogP contribution in [-0.4, -0.2) is 34.5 Å². The minimum atomic E-state index is -0.538. The van der Waals surface area contributed by atoms with Crippen LogP contribution in [0.4, 0.5) is 9.18 Å². The highest BCUT2D eigenvalue weighted by Crippen LogP contribution is 2.32. The number of benzene rings is 2. The molecule has 1 fully saturated rings. The predicted octanol–water partition coefficient (Wildman–Crippen LogP) is 4.19. The molecule has 1 saturated carbocycles. The second-order valence-corrected chi connectivity index (χ2v) is 7.58. The smallest absolute Gasteiger partial charge is 0.407 e. The van der Waals surface area contributed by atoms with Gasteiger partial charge in [0.25, 0.3) is 5.91 Å². The number of hydrogen-bond donors (Lipinski definition) is 2. The molecule has 2 aromatic carbocycles. The molecule has 2 N–H and O–H groups in total. The van der Waals surface area contributed by atoms with Gasteiger partial charge in [-0.1, -0.05) is 18.2 Å². The number of rotatable bonds is 3. The minimum Gasteiger partial charge on any atom is -0.407 e. The topological polar surface area (TPSA) is 74.4 Å². The quantitative estimate of drug-likeness (QED) is 0.686. The van der Waals surface area contributed by atoms with Crippen molar-refractivity contribution < 1.29 is 18.7 Å². The first-order valence-corrected chi connectivity index (χ1v) is 9.95. The molecule has 1 aliphatic heterocycles. The Morgan fingerprint density at radius 3 is 2.63 bits per heavy atom. The number of carbonyl (C=O) groups is 2. The number of nitrogens with zero attached hydrogens (tertiary/aromatic N) is 1. The van der Waals surface area contributed by atoms with Crippen LogP contribution in [0.5, 0.6) is 0 Å². The average Bonchev–Trinajstić information content (AvgIpc) is 3.51. The first-order chi connectivity index (χ1) is 14.6. The zero-order valence-electron chi connectivity index (χ0n) is 16.2. The Kier molecular flexibility index (Phi) is 4.50. The van der Waals surface area contributed by atoms with Gasteiger partial charge in [0.1, 0.15) is 5.82 Å². The maximum atomic E-state index is 13.3. The molecule has 1 aliphatic carbocycles. The summed E-state index contributed by atoms with van der Waals surface area (Å²) in [5.74, 6) is -0.402. The number of aromatic nitrogens is 1. The number of carbonyl (C=O) groups excluding carboxylic acids is 2. The van der Waals surface area contributed by atoms with Crippen molar-refractivity contribution >= 4 is 28.7 Å². The second-order valence-electron chi connectivity index (χ2n) is 7.58. The predicted molar refractivity (Wildman–Crippen MR) is 110 cm³/mol.